The molecule has 0 heterocycles. The Morgan fingerprint density at radius 3 is 2.17 bits per heavy atom. The first-order valence-electron chi connectivity index (χ1n) is 10.0. The second-order valence-corrected chi connectivity index (χ2v) is 8.61. The molecule has 4 saturated carbocycles. The van der Waals surface area contributed by atoms with Crippen molar-refractivity contribution in [3.05, 3.63) is 29.8 Å². The fourth-order valence-corrected chi connectivity index (χ4v) is 5.73. The Morgan fingerprint density at radius 2 is 1.58 bits per heavy atom. The summed E-state index contributed by atoms with van der Waals surface area (Å²) >= 11 is 0. The number of ether oxygens (including phenoxy) is 2. The van der Waals surface area contributed by atoms with Crippen molar-refractivity contribution in [1.82, 2.24) is 0 Å². The summed E-state index contributed by atoms with van der Waals surface area (Å²) in [6.07, 6.45) is 8.58. The average molecular weight is 328 g/mol. The van der Waals surface area contributed by atoms with Gasteiger partial charge in [-0.05, 0) is 91.7 Å². The fraction of sp³-hybridized carbons (Fsp3) is 0.727. The van der Waals surface area contributed by atoms with Crippen LogP contribution in [0.3, 0.4) is 0 Å². The molecule has 24 heavy (non-hydrogen) atoms. The van der Waals surface area contributed by atoms with Gasteiger partial charge in [0, 0.05) is 0 Å². The normalized spacial score (nSPS) is 35.2. The van der Waals surface area contributed by atoms with Crippen molar-refractivity contribution < 1.29 is 9.47 Å². The van der Waals surface area contributed by atoms with E-state index in [0.717, 1.165) is 41.9 Å². The molecule has 5 rings (SSSR count). The molecule has 1 aromatic rings. The molecule has 2 heteroatoms. The van der Waals surface area contributed by atoms with Crippen molar-refractivity contribution >= 4 is 0 Å². The van der Waals surface area contributed by atoms with Gasteiger partial charge in [-0.1, -0.05) is 26.0 Å². The van der Waals surface area contributed by atoms with E-state index >= 15 is 0 Å². The van der Waals surface area contributed by atoms with Gasteiger partial charge in [0.05, 0.1) is 6.61 Å². The van der Waals surface area contributed by atoms with Gasteiger partial charge in [-0.2, -0.15) is 0 Å². The Morgan fingerprint density at radius 1 is 0.958 bits per heavy atom. The highest BCUT2D eigenvalue weighted by molar-refractivity contribution is 5.29. The van der Waals surface area contributed by atoms with Gasteiger partial charge in [-0.25, -0.2) is 0 Å². The van der Waals surface area contributed by atoms with Gasteiger partial charge in [0.1, 0.15) is 5.75 Å². The average Bonchev–Trinajstić information content (AvgIpc) is 2.60. The van der Waals surface area contributed by atoms with Crippen LogP contribution in [0.5, 0.6) is 5.75 Å². The number of benzene rings is 1. The Hall–Kier alpha value is -1.02. The van der Waals surface area contributed by atoms with Crippen LogP contribution in [0.4, 0.5) is 0 Å². The van der Waals surface area contributed by atoms with E-state index in [1.807, 2.05) is 0 Å². The minimum atomic E-state index is 0.394. The number of hydrogen-bond donors (Lipinski definition) is 0. The second-order valence-electron chi connectivity index (χ2n) is 8.61. The van der Waals surface area contributed by atoms with Gasteiger partial charge < -0.3 is 9.47 Å². The van der Waals surface area contributed by atoms with Crippen LogP contribution in [0.25, 0.3) is 0 Å². The summed E-state index contributed by atoms with van der Waals surface area (Å²) in [5, 5.41) is 0. The van der Waals surface area contributed by atoms with Gasteiger partial charge in [0.2, 0.25) is 0 Å². The minimum Gasteiger partial charge on any atom is -0.468 e. The molecule has 4 aliphatic carbocycles. The molecular weight excluding hydrogens is 296 g/mol. The molecule has 2 nitrogen and oxygen atoms in total. The molecule has 0 spiro atoms. The van der Waals surface area contributed by atoms with Gasteiger partial charge >= 0.3 is 0 Å². The van der Waals surface area contributed by atoms with E-state index in [4.69, 9.17) is 9.47 Å². The standard InChI is InChI=1S/C22H32O2/c1-3-15(2)18-4-6-21(7-5-18)24-14-23-13-22-19-9-16-8-17(11-19)12-20(22)10-16/h4-7,15-17,19-20,22H,3,8-14H2,1-2H3. The molecule has 4 fully saturated rings. The molecule has 0 radical (unpaired) electrons. The quantitative estimate of drug-likeness (QED) is 0.477. The van der Waals surface area contributed by atoms with Gasteiger partial charge in [-0.15, -0.1) is 0 Å². The summed E-state index contributed by atoms with van der Waals surface area (Å²) in [6, 6.07) is 8.52. The lowest BCUT2D eigenvalue weighted by molar-refractivity contribution is -0.0912. The van der Waals surface area contributed by atoms with Crippen molar-refractivity contribution in [3.8, 4) is 5.75 Å². The van der Waals surface area contributed by atoms with E-state index in [2.05, 4.69) is 38.1 Å². The molecular formula is C22H32O2. The van der Waals surface area contributed by atoms with Gasteiger partial charge in [-0.3, -0.25) is 0 Å². The third-order valence-corrected chi connectivity index (χ3v) is 7.10. The monoisotopic (exact) mass is 328 g/mol. The van der Waals surface area contributed by atoms with Crippen LogP contribution >= 0.6 is 0 Å². The first-order valence-corrected chi connectivity index (χ1v) is 10.0. The molecule has 132 valence electrons. The van der Waals surface area contributed by atoms with Gasteiger partial charge in [0.15, 0.2) is 6.79 Å². The third-order valence-electron chi connectivity index (χ3n) is 7.10. The first-order chi connectivity index (χ1) is 11.7. The van der Waals surface area contributed by atoms with Crippen LogP contribution in [0, 0.1) is 29.6 Å². The lowest BCUT2D eigenvalue weighted by Crippen LogP contribution is -2.46. The largest absolute Gasteiger partial charge is 0.468 e. The van der Waals surface area contributed by atoms with Crippen LogP contribution in [0.15, 0.2) is 24.3 Å². The molecule has 4 bridgehead atoms. The molecule has 1 atom stereocenters. The summed E-state index contributed by atoms with van der Waals surface area (Å²) in [7, 11) is 0. The maximum atomic E-state index is 5.94. The maximum absolute atomic E-state index is 5.94. The second kappa shape index (κ2) is 7.07. The highest BCUT2D eigenvalue weighted by atomic mass is 16.7. The van der Waals surface area contributed by atoms with E-state index in [1.54, 1.807) is 0 Å². The van der Waals surface area contributed by atoms with Crippen molar-refractivity contribution in [1.29, 1.82) is 0 Å². The molecule has 0 saturated heterocycles. The van der Waals surface area contributed by atoms with Crippen molar-refractivity contribution in [2.45, 2.75) is 58.3 Å². The summed E-state index contributed by atoms with van der Waals surface area (Å²) in [4.78, 5) is 0. The van der Waals surface area contributed by atoms with E-state index in [1.165, 1.54) is 44.1 Å². The molecule has 0 aromatic heterocycles. The molecule has 0 amide bonds. The van der Waals surface area contributed by atoms with Crippen LogP contribution < -0.4 is 4.74 Å². The van der Waals surface area contributed by atoms with Crippen molar-refractivity contribution in [3.63, 3.8) is 0 Å². The first kappa shape index (κ1) is 16.4. The van der Waals surface area contributed by atoms with Crippen molar-refractivity contribution in [2.75, 3.05) is 13.4 Å². The predicted molar refractivity (Wildman–Crippen MR) is 97.1 cm³/mol. The van der Waals surface area contributed by atoms with Crippen LogP contribution in [0.1, 0.15) is 63.9 Å². The SMILES string of the molecule is CCC(C)c1ccc(OCOCC2C3CC4CC(C3)CC2C4)cc1. The van der Waals surface area contributed by atoms with Crippen LogP contribution in [0.2, 0.25) is 0 Å². The van der Waals surface area contributed by atoms with Crippen LogP contribution in [-0.2, 0) is 4.74 Å². The number of hydrogen-bond acceptors (Lipinski definition) is 2. The maximum Gasteiger partial charge on any atom is 0.189 e. The Labute approximate surface area is 146 Å². The fourth-order valence-electron chi connectivity index (χ4n) is 5.73. The van der Waals surface area contributed by atoms with Gasteiger partial charge in [0.25, 0.3) is 0 Å². The lowest BCUT2D eigenvalue weighted by atomic mass is 9.52. The smallest absolute Gasteiger partial charge is 0.189 e. The Bertz CT molecular complexity index is 507. The zero-order valence-electron chi connectivity index (χ0n) is 15.2. The van der Waals surface area contributed by atoms with E-state index < -0.39 is 0 Å². The lowest BCUT2D eigenvalue weighted by Gasteiger charge is -2.54. The van der Waals surface area contributed by atoms with Crippen LogP contribution in [-0.4, -0.2) is 13.4 Å². The number of rotatable bonds is 7. The zero-order valence-corrected chi connectivity index (χ0v) is 15.2. The Balaban J connectivity index is 1.22. The van der Waals surface area contributed by atoms with E-state index in [0.29, 0.717) is 12.7 Å². The van der Waals surface area contributed by atoms with E-state index in [-0.39, 0.29) is 0 Å². The molecule has 4 aliphatic rings. The summed E-state index contributed by atoms with van der Waals surface area (Å²) in [6.45, 7) is 5.79. The predicted octanol–water partition coefficient (Wildman–Crippen LogP) is 5.63. The summed E-state index contributed by atoms with van der Waals surface area (Å²) < 4.78 is 11.7. The molecule has 1 aromatic carbocycles. The minimum absolute atomic E-state index is 0.394. The highest BCUT2D eigenvalue weighted by Gasteiger charge is 2.47. The zero-order chi connectivity index (χ0) is 16.5. The molecule has 0 N–H and O–H groups in total. The third kappa shape index (κ3) is 3.35. The highest BCUT2D eigenvalue weighted by Crippen LogP contribution is 2.56. The summed E-state index contributed by atoms with van der Waals surface area (Å²) in [5.74, 6) is 6.31. The van der Waals surface area contributed by atoms with E-state index in [9.17, 15) is 0 Å². The molecule has 1 unspecified atom stereocenters. The molecule has 0 aliphatic heterocycles. The topological polar surface area (TPSA) is 18.5 Å². The summed E-state index contributed by atoms with van der Waals surface area (Å²) in [5.41, 5.74) is 1.39. The van der Waals surface area contributed by atoms with Crippen molar-refractivity contribution in [2.24, 2.45) is 29.6 Å². The Kier molecular flexibility index (Phi) is 4.85.